The lowest BCUT2D eigenvalue weighted by atomic mass is 10.0. The summed E-state index contributed by atoms with van der Waals surface area (Å²) in [6.07, 6.45) is 2.99. The minimum Gasteiger partial charge on any atom is -0.306 e. The SMILES string of the molecule is O=C(CCCN1CCC(n2c(=O)[nH]c3ccccc32)CC1)c1ccc(F)cc1S. The van der Waals surface area contributed by atoms with E-state index in [4.69, 9.17) is 0 Å². The summed E-state index contributed by atoms with van der Waals surface area (Å²) in [4.78, 5) is 30.4. The molecule has 1 aliphatic rings. The number of likely N-dealkylation sites (tertiary alicyclic amines) is 1. The van der Waals surface area contributed by atoms with Crippen LogP contribution in [0, 0.1) is 5.82 Å². The van der Waals surface area contributed by atoms with Crippen LogP contribution in [0.3, 0.4) is 0 Å². The van der Waals surface area contributed by atoms with Gasteiger partial charge in [-0.3, -0.25) is 9.36 Å². The van der Waals surface area contributed by atoms with E-state index in [0.29, 0.717) is 16.9 Å². The molecule has 0 bridgehead atoms. The molecule has 4 rings (SSSR count). The average Bonchev–Trinajstić information content (AvgIpc) is 3.04. The summed E-state index contributed by atoms with van der Waals surface area (Å²) in [5.41, 5.74) is 2.27. The number of H-pyrrole nitrogens is 1. The first kappa shape index (κ1) is 19.9. The maximum atomic E-state index is 13.2. The number of thiol groups is 1. The van der Waals surface area contributed by atoms with Crippen LogP contribution in [-0.4, -0.2) is 39.9 Å². The quantitative estimate of drug-likeness (QED) is 0.473. The van der Waals surface area contributed by atoms with Crippen LogP contribution in [-0.2, 0) is 0 Å². The fourth-order valence-electron chi connectivity index (χ4n) is 4.18. The molecule has 0 atom stereocenters. The molecule has 2 heterocycles. The number of rotatable bonds is 6. The summed E-state index contributed by atoms with van der Waals surface area (Å²) >= 11 is 4.20. The van der Waals surface area contributed by atoms with Crippen molar-refractivity contribution in [2.24, 2.45) is 0 Å². The lowest BCUT2D eigenvalue weighted by molar-refractivity contribution is 0.0968. The number of aromatic nitrogens is 2. The number of imidazole rings is 1. The number of Topliss-reactive ketones (excluding diaryl/α,β-unsaturated/α-hetero) is 1. The number of benzene rings is 2. The van der Waals surface area contributed by atoms with Crippen molar-refractivity contribution in [1.82, 2.24) is 14.5 Å². The van der Waals surface area contributed by atoms with Crippen LogP contribution in [0.1, 0.15) is 42.1 Å². The van der Waals surface area contributed by atoms with Crippen LogP contribution in [0.5, 0.6) is 0 Å². The van der Waals surface area contributed by atoms with Crippen molar-refractivity contribution in [3.05, 3.63) is 64.3 Å². The van der Waals surface area contributed by atoms with Gasteiger partial charge in [-0.2, -0.15) is 0 Å². The number of ketones is 1. The molecule has 0 unspecified atom stereocenters. The van der Waals surface area contributed by atoms with Crippen molar-refractivity contribution in [3.8, 4) is 0 Å². The van der Waals surface area contributed by atoms with Gasteiger partial charge in [0.2, 0.25) is 0 Å². The van der Waals surface area contributed by atoms with Gasteiger partial charge in [-0.05, 0) is 56.1 Å². The van der Waals surface area contributed by atoms with Gasteiger partial charge in [0.15, 0.2) is 5.78 Å². The molecule has 1 saturated heterocycles. The molecule has 0 aliphatic carbocycles. The second-order valence-corrected chi connectivity index (χ2v) is 8.06. The topological polar surface area (TPSA) is 58.1 Å². The van der Waals surface area contributed by atoms with E-state index >= 15 is 0 Å². The second kappa shape index (κ2) is 8.55. The maximum Gasteiger partial charge on any atom is 0.326 e. The largest absolute Gasteiger partial charge is 0.326 e. The minimum atomic E-state index is -0.385. The number of aromatic amines is 1. The van der Waals surface area contributed by atoms with Gasteiger partial charge in [0, 0.05) is 36.0 Å². The molecule has 1 N–H and O–H groups in total. The number of carbonyl (C=O) groups is 1. The number of halogens is 1. The first-order valence-corrected chi connectivity index (χ1v) is 10.4. The Morgan fingerprint density at radius 1 is 1.17 bits per heavy atom. The Hall–Kier alpha value is -2.38. The molecule has 29 heavy (non-hydrogen) atoms. The van der Waals surface area contributed by atoms with Gasteiger partial charge in [-0.25, -0.2) is 9.18 Å². The molecular weight excluding hydrogens is 389 g/mol. The van der Waals surface area contributed by atoms with E-state index < -0.39 is 0 Å². The number of nitrogens with zero attached hydrogens (tertiary/aromatic N) is 2. The van der Waals surface area contributed by atoms with Crippen molar-refractivity contribution in [2.45, 2.75) is 36.6 Å². The molecule has 0 saturated carbocycles. The molecule has 0 radical (unpaired) electrons. The van der Waals surface area contributed by atoms with E-state index in [9.17, 15) is 14.0 Å². The van der Waals surface area contributed by atoms with Gasteiger partial charge in [-0.15, -0.1) is 12.6 Å². The van der Waals surface area contributed by atoms with Crippen LogP contribution in [0.25, 0.3) is 11.0 Å². The van der Waals surface area contributed by atoms with Gasteiger partial charge in [0.25, 0.3) is 0 Å². The summed E-state index contributed by atoms with van der Waals surface area (Å²) in [7, 11) is 0. The van der Waals surface area contributed by atoms with Crippen LogP contribution >= 0.6 is 12.6 Å². The lowest BCUT2D eigenvalue weighted by Gasteiger charge is -2.32. The molecule has 0 spiro atoms. The zero-order chi connectivity index (χ0) is 20.4. The fraction of sp³-hybridized carbons (Fsp3) is 0.364. The normalized spacial score (nSPS) is 15.8. The van der Waals surface area contributed by atoms with Gasteiger partial charge in [0.1, 0.15) is 5.82 Å². The number of hydrogen-bond donors (Lipinski definition) is 2. The molecule has 2 aromatic carbocycles. The van der Waals surface area contributed by atoms with Gasteiger partial charge >= 0.3 is 5.69 Å². The van der Waals surface area contributed by atoms with Crippen molar-refractivity contribution < 1.29 is 9.18 Å². The van der Waals surface area contributed by atoms with E-state index in [-0.39, 0.29) is 23.3 Å². The van der Waals surface area contributed by atoms with E-state index in [0.717, 1.165) is 49.9 Å². The van der Waals surface area contributed by atoms with Crippen LogP contribution in [0.15, 0.2) is 52.2 Å². The van der Waals surface area contributed by atoms with Crippen LogP contribution < -0.4 is 5.69 Å². The zero-order valence-corrected chi connectivity index (χ0v) is 17.0. The Balaban J connectivity index is 1.29. The predicted octanol–water partition coefficient (Wildman–Crippen LogP) is 4.06. The van der Waals surface area contributed by atoms with E-state index in [1.54, 1.807) is 0 Å². The van der Waals surface area contributed by atoms with Crippen LogP contribution in [0.2, 0.25) is 0 Å². The van der Waals surface area contributed by atoms with Crippen molar-refractivity contribution >= 4 is 29.4 Å². The highest BCUT2D eigenvalue weighted by Gasteiger charge is 2.23. The average molecular weight is 414 g/mol. The Bertz CT molecular complexity index is 1080. The Kier molecular flexibility index (Phi) is 5.87. The van der Waals surface area contributed by atoms with Gasteiger partial charge in [0.05, 0.1) is 11.0 Å². The zero-order valence-electron chi connectivity index (χ0n) is 16.1. The number of carbonyl (C=O) groups excluding carboxylic acids is 1. The standard InChI is InChI=1S/C22H24FN3O2S/c23-15-7-8-17(21(29)14-15)20(27)6-3-11-25-12-9-16(10-13-25)26-19-5-2-1-4-18(19)24-22(26)28/h1-2,4-5,7-8,14,16,29H,3,6,9-13H2,(H,24,28). The Labute approximate surface area is 173 Å². The van der Waals surface area contributed by atoms with Gasteiger partial charge < -0.3 is 9.88 Å². The molecular formula is C22H24FN3O2S. The van der Waals surface area contributed by atoms with Crippen molar-refractivity contribution in [3.63, 3.8) is 0 Å². The van der Waals surface area contributed by atoms with E-state index in [2.05, 4.69) is 22.5 Å². The predicted molar refractivity (Wildman–Crippen MR) is 114 cm³/mol. The summed E-state index contributed by atoms with van der Waals surface area (Å²) in [6.45, 7) is 2.64. The summed E-state index contributed by atoms with van der Waals surface area (Å²) in [5, 5.41) is 0. The third-order valence-corrected chi connectivity index (χ3v) is 6.05. The monoisotopic (exact) mass is 413 g/mol. The maximum absolute atomic E-state index is 13.2. The lowest BCUT2D eigenvalue weighted by Crippen LogP contribution is -2.37. The first-order valence-electron chi connectivity index (χ1n) is 9.96. The molecule has 7 heteroatoms. The molecule has 5 nitrogen and oxygen atoms in total. The molecule has 1 aliphatic heterocycles. The van der Waals surface area contributed by atoms with E-state index in [1.165, 1.54) is 18.2 Å². The Morgan fingerprint density at radius 2 is 1.93 bits per heavy atom. The smallest absolute Gasteiger partial charge is 0.306 e. The Morgan fingerprint density at radius 3 is 2.69 bits per heavy atom. The fourth-order valence-corrected chi connectivity index (χ4v) is 4.50. The summed E-state index contributed by atoms with van der Waals surface area (Å²) in [6, 6.07) is 12.1. The van der Waals surface area contributed by atoms with Gasteiger partial charge in [-0.1, -0.05) is 12.1 Å². The van der Waals surface area contributed by atoms with Crippen molar-refractivity contribution in [2.75, 3.05) is 19.6 Å². The highest BCUT2D eigenvalue weighted by molar-refractivity contribution is 7.80. The molecule has 152 valence electrons. The molecule has 1 aromatic heterocycles. The number of piperidine rings is 1. The van der Waals surface area contributed by atoms with Crippen molar-refractivity contribution in [1.29, 1.82) is 0 Å². The third kappa shape index (κ3) is 4.31. The molecule has 1 fully saturated rings. The number of para-hydroxylation sites is 2. The summed E-state index contributed by atoms with van der Waals surface area (Å²) in [5.74, 6) is -0.390. The summed E-state index contributed by atoms with van der Waals surface area (Å²) < 4.78 is 15.0. The number of fused-ring (bicyclic) bond motifs is 1. The second-order valence-electron chi connectivity index (χ2n) is 7.58. The van der Waals surface area contributed by atoms with Crippen LogP contribution in [0.4, 0.5) is 4.39 Å². The highest BCUT2D eigenvalue weighted by atomic mass is 32.1. The highest BCUT2D eigenvalue weighted by Crippen LogP contribution is 2.25. The third-order valence-electron chi connectivity index (χ3n) is 5.68. The molecule has 0 amide bonds. The minimum absolute atomic E-state index is 0.00442. The first-order chi connectivity index (χ1) is 14.0. The van der Waals surface area contributed by atoms with E-state index in [1.807, 2.05) is 28.8 Å². The number of hydrogen-bond acceptors (Lipinski definition) is 4. The molecule has 3 aromatic rings. The number of nitrogens with one attached hydrogen (secondary N) is 1.